The number of Topliss-reactive ketones (excluding diaryl/α,β-unsaturated/α-hetero) is 1. The second-order valence-corrected chi connectivity index (χ2v) is 15.1. The van der Waals surface area contributed by atoms with Gasteiger partial charge in [0.05, 0.1) is 30.8 Å². The number of nitrogens with one attached hydrogen (secondary N) is 2. The summed E-state index contributed by atoms with van der Waals surface area (Å²) in [6.07, 6.45) is 1.32. The van der Waals surface area contributed by atoms with Crippen LogP contribution in [0.25, 0.3) is 0 Å². The molecule has 0 spiro atoms. The van der Waals surface area contributed by atoms with Gasteiger partial charge in [-0.2, -0.15) is 18.2 Å². The zero-order valence-electron chi connectivity index (χ0n) is 28.7. The van der Waals surface area contributed by atoms with Gasteiger partial charge < -0.3 is 15.4 Å². The Morgan fingerprint density at radius 2 is 1.80 bits per heavy atom. The molecule has 10 nitrogen and oxygen atoms in total. The molecule has 1 aliphatic carbocycles. The van der Waals surface area contributed by atoms with Crippen LogP contribution in [0.2, 0.25) is 0 Å². The van der Waals surface area contributed by atoms with Crippen molar-refractivity contribution in [1.29, 1.82) is 0 Å². The molecule has 5 rings (SSSR count). The molecule has 2 aromatic carbocycles. The van der Waals surface area contributed by atoms with Gasteiger partial charge in [-0.1, -0.05) is 19.1 Å². The number of anilines is 4. The highest BCUT2D eigenvalue weighted by molar-refractivity contribution is 7.92. The van der Waals surface area contributed by atoms with Crippen molar-refractivity contribution in [2.24, 2.45) is 11.8 Å². The Balaban J connectivity index is 1.30. The number of morpholine rings is 1. The summed E-state index contributed by atoms with van der Waals surface area (Å²) in [7, 11) is -2.30. The molecule has 1 aliphatic heterocycles. The van der Waals surface area contributed by atoms with Crippen LogP contribution in [0, 0.1) is 24.6 Å². The van der Waals surface area contributed by atoms with Crippen LogP contribution in [0.3, 0.4) is 0 Å². The first-order chi connectivity index (χ1) is 23.7. The molecule has 3 aromatic rings. The normalized spacial score (nSPS) is 19.5. The molecular weight excluding hydrogens is 676 g/mol. The number of hydrogen-bond acceptors (Lipinski definition) is 9. The summed E-state index contributed by atoms with van der Waals surface area (Å²) >= 11 is 0. The Morgan fingerprint density at radius 3 is 2.42 bits per heavy atom. The third kappa shape index (κ3) is 8.90. The van der Waals surface area contributed by atoms with Crippen molar-refractivity contribution in [2.75, 3.05) is 54.5 Å². The van der Waals surface area contributed by atoms with Crippen molar-refractivity contribution in [1.82, 2.24) is 14.9 Å². The highest BCUT2D eigenvalue weighted by atomic mass is 32.2. The van der Waals surface area contributed by atoms with E-state index < -0.39 is 33.4 Å². The molecule has 0 bridgehead atoms. The van der Waals surface area contributed by atoms with Gasteiger partial charge in [0.15, 0.2) is 5.78 Å². The minimum absolute atomic E-state index is 0.109. The SMILES string of the molecule is CCC(C(=O)c1ccc(Nc2ncc(C(F)(F)F)c(NCc3ccc(C)cc3N(C)S(C)(=O)=O)n2)c(F)c1)C1CCC(N2CCOCC2)CC1. The summed E-state index contributed by atoms with van der Waals surface area (Å²) in [6, 6.07) is 9.46. The van der Waals surface area contributed by atoms with Gasteiger partial charge in [-0.15, -0.1) is 0 Å². The molecule has 50 heavy (non-hydrogen) atoms. The highest BCUT2D eigenvalue weighted by Gasteiger charge is 2.36. The lowest BCUT2D eigenvalue weighted by Crippen LogP contribution is -2.45. The molecule has 1 saturated heterocycles. The standard InChI is InChI=1S/C35H44F4N6O4S/c1-5-27(23-8-11-26(12-9-23)45-14-16-49-17-15-45)32(46)24-10-13-30(29(36)19-24)42-34-41-21-28(35(37,38)39)33(43-34)40-20-25-7-6-22(2)18-31(25)44(3)50(4,47)48/h6-7,10,13,18-19,21,23,26-27H,5,8-9,11-12,14-17,20H2,1-4H3,(H2,40,41,42,43). The van der Waals surface area contributed by atoms with E-state index in [1.54, 1.807) is 25.1 Å². The summed E-state index contributed by atoms with van der Waals surface area (Å²) in [5.74, 6) is -1.81. The van der Waals surface area contributed by atoms with E-state index in [1.807, 2.05) is 6.92 Å². The Bertz CT molecular complexity index is 1780. The lowest BCUT2D eigenvalue weighted by Gasteiger charge is -2.40. The first kappa shape index (κ1) is 37.4. The van der Waals surface area contributed by atoms with E-state index in [0.717, 1.165) is 74.2 Å². The summed E-state index contributed by atoms with van der Waals surface area (Å²) in [5, 5.41) is 5.30. The fourth-order valence-electron chi connectivity index (χ4n) is 6.91. The third-order valence-electron chi connectivity index (χ3n) is 9.77. The van der Waals surface area contributed by atoms with Crippen molar-refractivity contribution in [2.45, 2.75) is 64.7 Å². The number of halogens is 4. The maximum absolute atomic E-state index is 15.4. The molecule has 1 atom stereocenters. The van der Waals surface area contributed by atoms with Gasteiger partial charge in [-0.25, -0.2) is 17.8 Å². The van der Waals surface area contributed by atoms with Crippen molar-refractivity contribution in [3.63, 3.8) is 0 Å². The number of nitrogens with zero attached hydrogens (tertiary/aromatic N) is 4. The zero-order chi connectivity index (χ0) is 36.2. The quantitative estimate of drug-likeness (QED) is 0.154. The number of carbonyl (C=O) groups excluding carboxylic acids is 1. The Kier molecular flexibility index (Phi) is 11.7. The summed E-state index contributed by atoms with van der Waals surface area (Å²) in [5.41, 5.74) is 0.436. The molecule has 2 aliphatic rings. The van der Waals surface area contributed by atoms with Gasteiger partial charge in [-0.3, -0.25) is 14.0 Å². The van der Waals surface area contributed by atoms with Crippen LogP contribution in [-0.4, -0.2) is 74.7 Å². The number of ketones is 1. The Hall–Kier alpha value is -3.82. The molecule has 15 heteroatoms. The van der Waals surface area contributed by atoms with Crippen molar-refractivity contribution >= 4 is 38.9 Å². The van der Waals surface area contributed by atoms with Crippen LogP contribution < -0.4 is 14.9 Å². The molecule has 1 saturated carbocycles. The monoisotopic (exact) mass is 720 g/mol. The lowest BCUT2D eigenvalue weighted by molar-refractivity contribution is -0.137. The van der Waals surface area contributed by atoms with Crippen LogP contribution in [0.1, 0.15) is 66.1 Å². The van der Waals surface area contributed by atoms with E-state index in [9.17, 15) is 26.4 Å². The van der Waals surface area contributed by atoms with Crippen LogP contribution in [0.5, 0.6) is 0 Å². The number of ether oxygens (including phenoxy) is 1. The smallest absolute Gasteiger partial charge is 0.379 e. The average Bonchev–Trinajstić information content (AvgIpc) is 3.08. The van der Waals surface area contributed by atoms with E-state index in [4.69, 9.17) is 4.74 Å². The summed E-state index contributed by atoms with van der Waals surface area (Å²) in [4.78, 5) is 23.8. The van der Waals surface area contributed by atoms with Crippen LogP contribution in [0.15, 0.2) is 42.6 Å². The molecule has 1 unspecified atom stereocenters. The maximum Gasteiger partial charge on any atom is 0.421 e. The topological polar surface area (TPSA) is 117 Å². The molecule has 2 N–H and O–H groups in total. The van der Waals surface area contributed by atoms with Crippen molar-refractivity contribution < 1.29 is 35.5 Å². The fourth-order valence-corrected chi connectivity index (χ4v) is 7.43. The molecular formula is C35H44F4N6O4S. The van der Waals surface area contributed by atoms with Crippen molar-refractivity contribution in [3.8, 4) is 0 Å². The van der Waals surface area contributed by atoms with Gasteiger partial charge >= 0.3 is 6.18 Å². The van der Waals surface area contributed by atoms with Crippen LogP contribution in [-0.2, 0) is 27.5 Å². The van der Waals surface area contributed by atoms with Gasteiger partial charge in [-0.05, 0) is 80.3 Å². The van der Waals surface area contributed by atoms with Gasteiger partial charge in [0.2, 0.25) is 16.0 Å². The number of carbonyl (C=O) groups is 1. The molecule has 2 fully saturated rings. The Morgan fingerprint density at radius 1 is 1.10 bits per heavy atom. The first-order valence-corrected chi connectivity index (χ1v) is 18.6. The van der Waals surface area contributed by atoms with E-state index in [0.29, 0.717) is 29.9 Å². The number of benzene rings is 2. The molecule has 0 amide bonds. The number of aryl methyl sites for hydroxylation is 1. The van der Waals surface area contributed by atoms with Crippen LogP contribution in [0.4, 0.5) is 40.7 Å². The first-order valence-electron chi connectivity index (χ1n) is 16.8. The highest BCUT2D eigenvalue weighted by Crippen LogP contribution is 2.37. The predicted molar refractivity (Wildman–Crippen MR) is 185 cm³/mol. The van der Waals surface area contributed by atoms with Crippen LogP contribution >= 0.6 is 0 Å². The zero-order valence-corrected chi connectivity index (χ0v) is 29.5. The Labute approximate surface area is 290 Å². The van der Waals surface area contributed by atoms with E-state index in [-0.39, 0.29) is 41.4 Å². The van der Waals surface area contributed by atoms with E-state index in [2.05, 4.69) is 25.5 Å². The minimum atomic E-state index is -4.81. The second kappa shape index (κ2) is 15.6. The summed E-state index contributed by atoms with van der Waals surface area (Å²) < 4.78 is 88.2. The second-order valence-electron chi connectivity index (χ2n) is 13.1. The maximum atomic E-state index is 15.4. The van der Waals surface area contributed by atoms with Crippen molar-refractivity contribution in [3.05, 3.63) is 70.7 Å². The van der Waals surface area contributed by atoms with Gasteiger partial charge in [0.1, 0.15) is 17.2 Å². The molecule has 2 heterocycles. The number of rotatable bonds is 12. The van der Waals surface area contributed by atoms with E-state index in [1.165, 1.54) is 19.2 Å². The lowest BCUT2D eigenvalue weighted by atomic mass is 9.74. The fraction of sp³-hybridized carbons (Fsp3) is 0.514. The van der Waals surface area contributed by atoms with E-state index >= 15 is 4.39 Å². The summed E-state index contributed by atoms with van der Waals surface area (Å²) in [6.45, 7) is 6.89. The molecule has 272 valence electrons. The molecule has 1 aromatic heterocycles. The number of hydrogen-bond donors (Lipinski definition) is 2. The molecule has 0 radical (unpaired) electrons. The number of sulfonamides is 1. The van der Waals surface area contributed by atoms with Gasteiger partial charge in [0, 0.05) is 50.4 Å². The average molecular weight is 721 g/mol. The van der Waals surface area contributed by atoms with Gasteiger partial charge in [0.25, 0.3) is 0 Å². The predicted octanol–water partition coefficient (Wildman–Crippen LogP) is 6.79. The minimum Gasteiger partial charge on any atom is -0.379 e. The number of aromatic nitrogens is 2. The number of alkyl halides is 3. The largest absolute Gasteiger partial charge is 0.421 e. The third-order valence-corrected chi connectivity index (χ3v) is 11.0.